The normalized spacial score (nSPS) is 10.0. The first-order valence-electron chi connectivity index (χ1n) is 5.58. The molecule has 0 aliphatic rings. The third-order valence-electron chi connectivity index (χ3n) is 2.51. The molecule has 2 N–H and O–H groups in total. The Hall–Kier alpha value is -1.85. The van der Waals surface area contributed by atoms with Gasteiger partial charge in [-0.2, -0.15) is 5.90 Å². The van der Waals surface area contributed by atoms with E-state index in [1.807, 2.05) is 30.3 Å². The molecular weight excluding hydrogens is 310 g/mol. The molecule has 0 saturated carbocycles. The van der Waals surface area contributed by atoms with Gasteiger partial charge >= 0.3 is 5.97 Å². The van der Waals surface area contributed by atoms with E-state index in [2.05, 4.69) is 20.8 Å². The van der Waals surface area contributed by atoms with Crippen LogP contribution >= 0.6 is 15.9 Å². The molecule has 0 bridgehead atoms. The Labute approximate surface area is 119 Å². The van der Waals surface area contributed by atoms with Crippen molar-refractivity contribution in [3.8, 4) is 5.75 Å². The van der Waals surface area contributed by atoms with Crippen LogP contribution < -0.4 is 10.7 Å². The monoisotopic (exact) mass is 321 g/mol. The predicted octanol–water partition coefficient (Wildman–Crippen LogP) is 3.06. The summed E-state index contributed by atoms with van der Waals surface area (Å²) in [6.07, 6.45) is 0. The molecule has 0 radical (unpaired) electrons. The van der Waals surface area contributed by atoms with Gasteiger partial charge in [-0.05, 0) is 39.7 Å². The van der Waals surface area contributed by atoms with E-state index in [0.717, 1.165) is 5.56 Å². The minimum Gasteiger partial charge on any atom is -0.457 e. The maximum atomic E-state index is 11.9. The van der Waals surface area contributed by atoms with Crippen molar-refractivity contribution >= 4 is 21.9 Å². The number of esters is 1. The highest BCUT2D eigenvalue weighted by atomic mass is 79.9. The second-order valence-electron chi connectivity index (χ2n) is 3.82. The Balaban J connectivity index is 2.04. The van der Waals surface area contributed by atoms with Gasteiger partial charge in [-0.15, -0.1) is 0 Å². The third-order valence-corrected chi connectivity index (χ3v) is 3.17. The van der Waals surface area contributed by atoms with Gasteiger partial charge < -0.3 is 9.57 Å². The van der Waals surface area contributed by atoms with Crippen molar-refractivity contribution in [2.45, 2.75) is 6.61 Å². The number of carbonyl (C=O) groups excluding carboxylic acids is 1. The van der Waals surface area contributed by atoms with Gasteiger partial charge in [-0.3, -0.25) is 0 Å². The number of halogens is 1. The summed E-state index contributed by atoms with van der Waals surface area (Å²) < 4.78 is 5.80. The quantitative estimate of drug-likeness (QED) is 0.694. The molecule has 0 atom stereocenters. The lowest BCUT2D eigenvalue weighted by atomic mass is 10.2. The fourth-order valence-electron chi connectivity index (χ4n) is 1.54. The van der Waals surface area contributed by atoms with Crippen LogP contribution in [0.3, 0.4) is 0 Å². The summed E-state index contributed by atoms with van der Waals surface area (Å²) in [5.41, 5.74) is 1.37. The second-order valence-corrected chi connectivity index (χ2v) is 4.68. The Kier molecular flexibility index (Phi) is 4.54. The van der Waals surface area contributed by atoms with Crippen LogP contribution in [0.4, 0.5) is 0 Å². The van der Waals surface area contributed by atoms with Gasteiger partial charge in [0, 0.05) is 4.47 Å². The molecule has 0 fully saturated rings. The van der Waals surface area contributed by atoms with Crippen LogP contribution in [0.1, 0.15) is 15.9 Å². The van der Waals surface area contributed by atoms with Gasteiger partial charge in [0.05, 0.1) is 5.56 Å². The molecule has 0 aromatic heterocycles. The predicted molar refractivity (Wildman–Crippen MR) is 74.5 cm³/mol. The first kappa shape index (κ1) is 13.6. The summed E-state index contributed by atoms with van der Waals surface area (Å²) in [7, 11) is 0. The zero-order valence-corrected chi connectivity index (χ0v) is 11.6. The molecule has 0 amide bonds. The molecule has 0 spiro atoms. The highest BCUT2D eigenvalue weighted by Crippen LogP contribution is 2.23. The zero-order valence-electron chi connectivity index (χ0n) is 10.0. The van der Waals surface area contributed by atoms with E-state index in [9.17, 15) is 4.79 Å². The van der Waals surface area contributed by atoms with E-state index in [-0.39, 0.29) is 6.61 Å². The summed E-state index contributed by atoms with van der Waals surface area (Å²) in [5, 5.41) is 0. The summed E-state index contributed by atoms with van der Waals surface area (Å²) in [6, 6.07) is 14.3. The number of benzene rings is 2. The number of rotatable bonds is 4. The molecule has 2 rings (SSSR count). The Bertz CT molecular complexity index is 572. The van der Waals surface area contributed by atoms with Crippen molar-refractivity contribution in [3.63, 3.8) is 0 Å². The fraction of sp³-hybridized carbons (Fsp3) is 0.0714. The smallest absolute Gasteiger partial charge is 0.339 e. The second kappa shape index (κ2) is 6.36. The van der Waals surface area contributed by atoms with Gasteiger partial charge in [0.2, 0.25) is 0 Å². The molecule has 0 aliphatic heterocycles. The number of carbonyl (C=O) groups is 1. The third kappa shape index (κ3) is 3.56. The highest BCUT2D eigenvalue weighted by Gasteiger charge is 2.12. The van der Waals surface area contributed by atoms with Crippen molar-refractivity contribution in [3.05, 3.63) is 64.1 Å². The number of ether oxygens (including phenoxy) is 1. The average molecular weight is 322 g/mol. The van der Waals surface area contributed by atoms with Gasteiger partial charge in [0.25, 0.3) is 0 Å². The molecule has 98 valence electrons. The largest absolute Gasteiger partial charge is 0.457 e. The molecule has 0 unspecified atom stereocenters. The van der Waals surface area contributed by atoms with Gasteiger partial charge in [-0.1, -0.05) is 30.3 Å². The topological polar surface area (TPSA) is 61.5 Å². The first-order valence-corrected chi connectivity index (χ1v) is 6.37. The number of nitrogens with two attached hydrogens (primary N) is 1. The number of hydrogen-bond donors (Lipinski definition) is 1. The molecule has 2 aromatic rings. The first-order chi connectivity index (χ1) is 9.20. The highest BCUT2D eigenvalue weighted by molar-refractivity contribution is 9.10. The molecule has 0 saturated heterocycles. The zero-order chi connectivity index (χ0) is 13.7. The summed E-state index contributed by atoms with van der Waals surface area (Å²) in [5.74, 6) is 5.10. The summed E-state index contributed by atoms with van der Waals surface area (Å²) in [6.45, 7) is 0.237. The fourth-order valence-corrected chi connectivity index (χ4v) is 2.06. The lowest BCUT2D eigenvalue weighted by Gasteiger charge is -2.07. The van der Waals surface area contributed by atoms with Crippen LogP contribution in [0, 0.1) is 0 Å². The van der Waals surface area contributed by atoms with Gasteiger partial charge in [0.1, 0.15) is 12.4 Å². The summed E-state index contributed by atoms with van der Waals surface area (Å²) in [4.78, 5) is 16.5. The number of hydrogen-bond acceptors (Lipinski definition) is 4. The molecule has 4 nitrogen and oxygen atoms in total. The molecule has 0 aliphatic carbocycles. The molecule has 19 heavy (non-hydrogen) atoms. The van der Waals surface area contributed by atoms with Gasteiger partial charge in [-0.25, -0.2) is 4.79 Å². The Morgan fingerprint density at radius 2 is 1.89 bits per heavy atom. The molecular formula is C14H12BrNO3. The van der Waals surface area contributed by atoms with E-state index in [0.29, 0.717) is 15.8 Å². The van der Waals surface area contributed by atoms with Crippen LogP contribution in [0.25, 0.3) is 0 Å². The molecule has 0 heterocycles. The van der Waals surface area contributed by atoms with Crippen molar-refractivity contribution in [1.29, 1.82) is 0 Å². The Morgan fingerprint density at radius 3 is 2.53 bits per heavy atom. The summed E-state index contributed by atoms with van der Waals surface area (Å²) >= 11 is 3.28. The van der Waals surface area contributed by atoms with Crippen molar-refractivity contribution in [1.82, 2.24) is 0 Å². The van der Waals surface area contributed by atoms with Crippen LogP contribution in [0.5, 0.6) is 5.75 Å². The van der Waals surface area contributed by atoms with Crippen molar-refractivity contribution < 1.29 is 14.4 Å². The average Bonchev–Trinajstić information content (AvgIpc) is 2.45. The van der Waals surface area contributed by atoms with Crippen molar-refractivity contribution in [2.24, 2.45) is 5.90 Å². The minimum atomic E-state index is -0.403. The van der Waals surface area contributed by atoms with Crippen LogP contribution in [0.2, 0.25) is 0 Å². The molecule has 2 aromatic carbocycles. The van der Waals surface area contributed by atoms with Crippen LogP contribution in [-0.4, -0.2) is 5.97 Å². The Morgan fingerprint density at radius 1 is 1.16 bits per heavy atom. The van der Waals surface area contributed by atoms with E-state index >= 15 is 0 Å². The molecule has 5 heteroatoms. The van der Waals surface area contributed by atoms with E-state index in [1.54, 1.807) is 18.2 Å². The van der Waals surface area contributed by atoms with Crippen LogP contribution in [0.15, 0.2) is 53.0 Å². The van der Waals surface area contributed by atoms with Gasteiger partial charge in [0.15, 0.2) is 0 Å². The van der Waals surface area contributed by atoms with E-state index in [1.165, 1.54) is 0 Å². The lowest BCUT2D eigenvalue weighted by Crippen LogP contribution is -2.07. The van der Waals surface area contributed by atoms with E-state index < -0.39 is 5.97 Å². The lowest BCUT2D eigenvalue weighted by molar-refractivity contribution is 0.0471. The van der Waals surface area contributed by atoms with Crippen LogP contribution in [-0.2, 0) is 11.3 Å². The van der Waals surface area contributed by atoms with E-state index in [4.69, 9.17) is 10.6 Å². The van der Waals surface area contributed by atoms with Crippen molar-refractivity contribution in [2.75, 3.05) is 0 Å². The standard InChI is InChI=1S/C14H12BrNO3/c15-13-8-11(19-16)6-7-12(13)14(17)18-9-10-4-2-1-3-5-10/h1-8H,9,16H2. The maximum Gasteiger partial charge on any atom is 0.339 e. The SMILES string of the molecule is NOc1ccc(C(=O)OCc2ccccc2)c(Br)c1. The minimum absolute atomic E-state index is 0.237. The maximum absolute atomic E-state index is 11.9.